The number of hydrogen-bond acceptors (Lipinski definition) is 5. The van der Waals surface area contributed by atoms with Crippen LogP contribution in [0, 0.1) is 0 Å². The minimum Gasteiger partial charge on any atom is -0.456 e. The highest BCUT2D eigenvalue weighted by Crippen LogP contribution is 2.19. The number of hydrogen-bond donors (Lipinski definition) is 0. The van der Waals surface area contributed by atoms with Gasteiger partial charge in [-0.25, -0.2) is 0 Å². The van der Waals surface area contributed by atoms with Gasteiger partial charge < -0.3 is 9.64 Å². The molecule has 0 spiro atoms. The largest absolute Gasteiger partial charge is 0.456 e. The fourth-order valence-electron chi connectivity index (χ4n) is 2.48. The molecule has 6 heteroatoms. The van der Waals surface area contributed by atoms with Crippen LogP contribution in [0.4, 0.5) is 4.79 Å². The Hall–Kier alpha value is -2.60. The number of ether oxygens (including phenoxy) is 1. The van der Waals surface area contributed by atoms with Gasteiger partial charge in [-0.05, 0) is 11.1 Å². The van der Waals surface area contributed by atoms with Gasteiger partial charge in [-0.1, -0.05) is 66.4 Å². The third-order valence-corrected chi connectivity index (χ3v) is 4.73. The third-order valence-electron chi connectivity index (χ3n) is 3.84. The molecule has 1 aliphatic heterocycles. The topological polar surface area (TPSA) is 63.7 Å². The summed E-state index contributed by atoms with van der Waals surface area (Å²) in [7, 11) is 0. The van der Waals surface area contributed by atoms with Crippen LogP contribution in [0.25, 0.3) is 11.1 Å². The van der Waals surface area contributed by atoms with Gasteiger partial charge in [-0.15, -0.1) is 0 Å². The van der Waals surface area contributed by atoms with Crippen molar-refractivity contribution in [3.8, 4) is 11.1 Å². The highest BCUT2D eigenvalue weighted by atomic mass is 32.2. The van der Waals surface area contributed by atoms with E-state index in [0.717, 1.165) is 11.1 Å². The lowest BCUT2D eigenvalue weighted by Crippen LogP contribution is -2.31. The predicted octanol–water partition coefficient (Wildman–Crippen LogP) is 3.25. The number of Topliss-reactive ketones (excluding diaryl/α,β-unsaturated/α-hetero) is 1. The first-order valence-corrected chi connectivity index (χ1v) is 8.88. The summed E-state index contributed by atoms with van der Waals surface area (Å²) < 4.78 is 4.99. The summed E-state index contributed by atoms with van der Waals surface area (Å²) in [5.74, 6) is -0.154. The van der Waals surface area contributed by atoms with Crippen molar-refractivity contribution in [2.75, 3.05) is 25.4 Å². The number of ketones is 1. The highest BCUT2D eigenvalue weighted by Gasteiger charge is 2.24. The van der Waals surface area contributed by atoms with E-state index in [1.165, 1.54) is 16.7 Å². The van der Waals surface area contributed by atoms with Crippen molar-refractivity contribution in [1.29, 1.82) is 0 Å². The summed E-state index contributed by atoms with van der Waals surface area (Å²) in [6.07, 6.45) is 0. The molecule has 0 unspecified atom stereocenters. The van der Waals surface area contributed by atoms with Gasteiger partial charge in [0.05, 0.1) is 0 Å². The molecular formula is C19H17NO4S. The molecule has 0 aromatic heterocycles. The van der Waals surface area contributed by atoms with Crippen molar-refractivity contribution in [1.82, 2.24) is 4.90 Å². The lowest BCUT2D eigenvalue weighted by molar-refractivity contribution is -0.142. The Bertz CT molecular complexity index is 774. The molecule has 1 heterocycles. The Morgan fingerprint density at radius 3 is 2.32 bits per heavy atom. The second kappa shape index (κ2) is 7.98. The van der Waals surface area contributed by atoms with Gasteiger partial charge in [0.1, 0.15) is 6.54 Å². The summed E-state index contributed by atoms with van der Waals surface area (Å²) in [6, 6.07) is 17.0. The minimum atomic E-state index is -0.565. The Balaban J connectivity index is 1.53. The summed E-state index contributed by atoms with van der Waals surface area (Å²) in [5.41, 5.74) is 2.57. The molecule has 1 amide bonds. The fraction of sp³-hybridized carbons (Fsp3) is 0.211. The first kappa shape index (κ1) is 17.2. The Kier molecular flexibility index (Phi) is 5.50. The van der Waals surface area contributed by atoms with Crippen LogP contribution in [0.15, 0.2) is 54.6 Å². The highest BCUT2D eigenvalue weighted by molar-refractivity contribution is 8.13. The van der Waals surface area contributed by atoms with E-state index in [0.29, 0.717) is 17.9 Å². The molecule has 0 bridgehead atoms. The molecule has 25 heavy (non-hydrogen) atoms. The second-order valence-corrected chi connectivity index (χ2v) is 6.61. The van der Waals surface area contributed by atoms with Gasteiger partial charge >= 0.3 is 5.97 Å². The van der Waals surface area contributed by atoms with Crippen molar-refractivity contribution in [2.45, 2.75) is 0 Å². The lowest BCUT2D eigenvalue weighted by Gasteiger charge is -2.13. The molecule has 1 aliphatic rings. The molecule has 0 N–H and O–H groups in total. The molecule has 5 nitrogen and oxygen atoms in total. The number of esters is 1. The smallest absolute Gasteiger partial charge is 0.326 e. The average Bonchev–Trinajstić information content (AvgIpc) is 3.05. The zero-order valence-corrected chi connectivity index (χ0v) is 14.3. The van der Waals surface area contributed by atoms with Crippen LogP contribution in [0.5, 0.6) is 0 Å². The summed E-state index contributed by atoms with van der Waals surface area (Å²) in [4.78, 5) is 36.7. The molecule has 128 valence electrons. The maximum absolute atomic E-state index is 12.1. The van der Waals surface area contributed by atoms with Gasteiger partial charge in [0.15, 0.2) is 12.4 Å². The first-order chi connectivity index (χ1) is 12.1. The molecule has 3 rings (SSSR count). The van der Waals surface area contributed by atoms with Crippen molar-refractivity contribution >= 4 is 28.8 Å². The van der Waals surface area contributed by atoms with Crippen molar-refractivity contribution in [3.63, 3.8) is 0 Å². The van der Waals surface area contributed by atoms with E-state index in [9.17, 15) is 14.4 Å². The standard InChI is InChI=1S/C19H17NO4S/c21-17(13-24-18(22)12-20-10-11-25-19(20)23)16-8-6-15(7-9-16)14-4-2-1-3-5-14/h1-9H,10-13H2. The van der Waals surface area contributed by atoms with Crippen molar-refractivity contribution in [2.24, 2.45) is 0 Å². The van der Waals surface area contributed by atoms with Crippen LogP contribution in [0.3, 0.4) is 0 Å². The molecule has 2 aromatic rings. The van der Waals surface area contributed by atoms with Crippen LogP contribution in [-0.2, 0) is 9.53 Å². The number of benzene rings is 2. The molecule has 0 saturated carbocycles. The summed E-state index contributed by atoms with van der Waals surface area (Å²) in [5, 5.41) is -0.125. The van der Waals surface area contributed by atoms with E-state index >= 15 is 0 Å². The van der Waals surface area contributed by atoms with E-state index < -0.39 is 5.97 Å². The molecular weight excluding hydrogens is 338 g/mol. The SMILES string of the molecule is O=C(CN1CCSC1=O)OCC(=O)c1ccc(-c2ccccc2)cc1. The molecule has 0 aliphatic carbocycles. The van der Waals surface area contributed by atoms with E-state index in [1.54, 1.807) is 12.1 Å². The maximum Gasteiger partial charge on any atom is 0.326 e. The molecule has 0 atom stereocenters. The van der Waals surface area contributed by atoms with Gasteiger partial charge in [0.25, 0.3) is 5.24 Å². The molecule has 0 radical (unpaired) electrons. The molecule has 1 saturated heterocycles. The van der Waals surface area contributed by atoms with Crippen LogP contribution in [0.2, 0.25) is 0 Å². The number of thioether (sulfide) groups is 1. The predicted molar refractivity (Wildman–Crippen MR) is 96.6 cm³/mol. The number of amides is 1. The number of rotatable bonds is 6. The van der Waals surface area contributed by atoms with Crippen LogP contribution >= 0.6 is 11.8 Å². The number of carbonyl (C=O) groups excluding carboxylic acids is 3. The summed E-state index contributed by atoms with van der Waals surface area (Å²) in [6.45, 7) is 0.109. The monoisotopic (exact) mass is 355 g/mol. The third kappa shape index (κ3) is 4.48. The normalized spacial score (nSPS) is 13.8. The van der Waals surface area contributed by atoms with Crippen LogP contribution in [0.1, 0.15) is 10.4 Å². The Labute approximate surface area is 150 Å². The van der Waals surface area contributed by atoms with Crippen LogP contribution < -0.4 is 0 Å². The van der Waals surface area contributed by atoms with Crippen molar-refractivity contribution < 1.29 is 19.1 Å². The zero-order valence-electron chi connectivity index (χ0n) is 13.5. The van der Waals surface area contributed by atoms with Gasteiger partial charge in [-0.2, -0.15) is 0 Å². The Morgan fingerprint density at radius 2 is 1.68 bits per heavy atom. The average molecular weight is 355 g/mol. The zero-order chi connectivity index (χ0) is 17.6. The van der Waals surface area contributed by atoms with Crippen LogP contribution in [-0.4, -0.2) is 47.3 Å². The second-order valence-electron chi connectivity index (χ2n) is 5.56. The molecule has 2 aromatic carbocycles. The summed E-state index contributed by atoms with van der Waals surface area (Å²) >= 11 is 1.18. The first-order valence-electron chi connectivity index (χ1n) is 7.89. The minimum absolute atomic E-state index is 0.105. The Morgan fingerprint density at radius 1 is 1.00 bits per heavy atom. The lowest BCUT2D eigenvalue weighted by atomic mass is 10.0. The van der Waals surface area contributed by atoms with Crippen molar-refractivity contribution in [3.05, 3.63) is 60.2 Å². The fourth-order valence-corrected chi connectivity index (χ4v) is 3.30. The molecule has 1 fully saturated rings. The van der Waals surface area contributed by atoms with Gasteiger partial charge in [0.2, 0.25) is 0 Å². The van der Waals surface area contributed by atoms with E-state index in [1.807, 2.05) is 42.5 Å². The maximum atomic E-state index is 12.1. The number of carbonyl (C=O) groups is 3. The van der Waals surface area contributed by atoms with Gasteiger partial charge in [0, 0.05) is 17.9 Å². The number of nitrogens with zero attached hydrogens (tertiary/aromatic N) is 1. The van der Waals surface area contributed by atoms with E-state index in [-0.39, 0.29) is 24.2 Å². The van der Waals surface area contributed by atoms with E-state index in [4.69, 9.17) is 4.74 Å². The van der Waals surface area contributed by atoms with Gasteiger partial charge in [-0.3, -0.25) is 14.4 Å². The van der Waals surface area contributed by atoms with E-state index in [2.05, 4.69) is 0 Å². The quantitative estimate of drug-likeness (QED) is 0.588.